The monoisotopic (exact) mass is 509 g/mol. The van der Waals surface area contributed by atoms with E-state index in [1.54, 1.807) is 0 Å². The zero-order chi connectivity index (χ0) is 26.4. The number of anilines is 1. The fraction of sp³-hybridized carbons (Fsp3) is 0.147. The number of rotatable bonds is 5. The summed E-state index contributed by atoms with van der Waals surface area (Å²) in [6.07, 6.45) is 4.44. The third kappa shape index (κ3) is 3.43. The molecule has 2 amide bonds. The summed E-state index contributed by atoms with van der Waals surface area (Å²) < 4.78 is 0. The van der Waals surface area contributed by atoms with Crippen LogP contribution in [0, 0.1) is 11.8 Å². The van der Waals surface area contributed by atoms with Crippen molar-refractivity contribution in [2.24, 2.45) is 16.8 Å². The van der Waals surface area contributed by atoms with Gasteiger partial charge in [0.2, 0.25) is 11.8 Å². The Labute approximate surface area is 227 Å². The number of nitrogens with zero attached hydrogens (tertiary/aromatic N) is 3. The van der Waals surface area contributed by atoms with E-state index >= 15 is 0 Å². The molecule has 4 aromatic rings. The molecule has 5 nitrogen and oxygen atoms in total. The van der Waals surface area contributed by atoms with Crippen LogP contribution in [0.4, 0.5) is 5.69 Å². The number of benzene rings is 4. The van der Waals surface area contributed by atoms with Gasteiger partial charge in [0, 0.05) is 0 Å². The molecule has 0 N–H and O–H groups in total. The maximum Gasteiger partial charge on any atom is 0.240 e. The maximum atomic E-state index is 14.2. The minimum Gasteiger partial charge on any atom is -0.335 e. The Hall–Kier alpha value is -4.77. The lowest BCUT2D eigenvalue weighted by Crippen LogP contribution is -2.55. The number of fused-ring (bicyclic) bond motifs is 3. The molecule has 0 saturated carbocycles. The van der Waals surface area contributed by atoms with Gasteiger partial charge in [-0.1, -0.05) is 115 Å². The van der Waals surface area contributed by atoms with Gasteiger partial charge in [-0.05, 0) is 35.2 Å². The van der Waals surface area contributed by atoms with Gasteiger partial charge < -0.3 is 4.90 Å². The molecule has 3 unspecified atom stereocenters. The second kappa shape index (κ2) is 9.21. The molecule has 2 heterocycles. The molecule has 0 bridgehead atoms. The van der Waals surface area contributed by atoms with Crippen molar-refractivity contribution in [3.8, 4) is 0 Å². The number of para-hydroxylation sites is 1. The highest BCUT2D eigenvalue weighted by Gasteiger charge is 2.59. The predicted octanol–water partition coefficient (Wildman–Crippen LogP) is 5.78. The Morgan fingerprint density at radius 3 is 1.64 bits per heavy atom. The highest BCUT2D eigenvalue weighted by Crippen LogP contribution is 2.51. The number of allylic oxidation sites excluding steroid dienone is 1. The van der Waals surface area contributed by atoms with Gasteiger partial charge in [0.1, 0.15) is 5.54 Å². The van der Waals surface area contributed by atoms with Gasteiger partial charge in [0.25, 0.3) is 0 Å². The minimum absolute atomic E-state index is 0.136. The van der Waals surface area contributed by atoms with Gasteiger partial charge in [0.05, 0.1) is 35.6 Å². The van der Waals surface area contributed by atoms with Crippen LogP contribution in [0.5, 0.6) is 0 Å². The Kier molecular flexibility index (Phi) is 5.51. The van der Waals surface area contributed by atoms with Crippen LogP contribution in [0.1, 0.15) is 23.1 Å². The quantitative estimate of drug-likeness (QED) is 0.253. The average molecular weight is 510 g/mol. The van der Waals surface area contributed by atoms with Crippen molar-refractivity contribution >= 4 is 23.8 Å². The third-order valence-electron chi connectivity index (χ3n) is 8.31. The van der Waals surface area contributed by atoms with E-state index in [0.717, 1.165) is 22.4 Å². The molecule has 3 aliphatic rings. The molecule has 0 aromatic heterocycles. The van der Waals surface area contributed by atoms with Crippen molar-refractivity contribution in [2.45, 2.75) is 18.0 Å². The maximum absolute atomic E-state index is 14.2. The van der Waals surface area contributed by atoms with Crippen LogP contribution in [0.15, 0.2) is 138 Å². The number of aliphatic imine (C=N–C) groups is 1. The van der Waals surface area contributed by atoms with Gasteiger partial charge in [0.15, 0.2) is 0 Å². The van der Waals surface area contributed by atoms with E-state index in [1.807, 2.05) is 97.3 Å². The van der Waals surface area contributed by atoms with Gasteiger partial charge >= 0.3 is 0 Å². The normalized spacial score (nSPS) is 22.1. The number of carbonyl (C=O) groups excluding carboxylic acids is 2. The predicted molar refractivity (Wildman–Crippen MR) is 152 cm³/mol. The van der Waals surface area contributed by atoms with Crippen molar-refractivity contribution < 1.29 is 9.59 Å². The summed E-state index contributed by atoms with van der Waals surface area (Å²) in [5.74, 6) is -1.28. The number of hydrogen-bond acceptors (Lipinski definition) is 4. The van der Waals surface area contributed by atoms with Crippen molar-refractivity contribution in [1.82, 2.24) is 4.90 Å². The Bertz CT molecular complexity index is 1490. The first-order valence-corrected chi connectivity index (χ1v) is 13.3. The van der Waals surface area contributed by atoms with Crippen molar-refractivity contribution in [3.63, 3.8) is 0 Å². The molecule has 1 aliphatic carbocycles. The molecule has 1 saturated heterocycles. The summed E-state index contributed by atoms with van der Waals surface area (Å²) in [6, 6.07) is 40.0. The third-order valence-corrected chi connectivity index (χ3v) is 8.31. The van der Waals surface area contributed by atoms with Crippen LogP contribution < -0.4 is 4.90 Å². The van der Waals surface area contributed by atoms with Crippen LogP contribution in [0.2, 0.25) is 0 Å². The van der Waals surface area contributed by atoms with Crippen LogP contribution in [0.25, 0.3) is 0 Å². The zero-order valence-electron chi connectivity index (χ0n) is 21.3. The summed E-state index contributed by atoms with van der Waals surface area (Å²) in [5.41, 5.74) is 3.88. The molecule has 0 radical (unpaired) electrons. The van der Waals surface area contributed by atoms with Gasteiger partial charge in [-0.25, -0.2) is 9.89 Å². The molecular formula is C34H27N3O2. The molecule has 7 rings (SSSR count). The smallest absolute Gasteiger partial charge is 0.240 e. The molecule has 3 atom stereocenters. The molecule has 1 fully saturated rings. The summed E-state index contributed by atoms with van der Waals surface area (Å²) >= 11 is 0. The summed E-state index contributed by atoms with van der Waals surface area (Å²) in [5, 5.41) is 0. The number of imide groups is 1. The van der Waals surface area contributed by atoms with Crippen LogP contribution >= 0.6 is 0 Å². The molecule has 5 heteroatoms. The van der Waals surface area contributed by atoms with Gasteiger partial charge in [-0.15, -0.1) is 0 Å². The first-order valence-electron chi connectivity index (χ1n) is 13.3. The van der Waals surface area contributed by atoms with Crippen molar-refractivity contribution in [2.75, 3.05) is 4.90 Å². The van der Waals surface area contributed by atoms with E-state index in [9.17, 15) is 9.59 Å². The van der Waals surface area contributed by atoms with Gasteiger partial charge in [-0.2, -0.15) is 0 Å². The molecule has 2 aliphatic heterocycles. The van der Waals surface area contributed by atoms with E-state index in [4.69, 9.17) is 4.99 Å². The number of hydrogen-bond donors (Lipinski definition) is 0. The van der Waals surface area contributed by atoms with Gasteiger partial charge in [-0.3, -0.25) is 9.59 Å². The lowest BCUT2D eigenvalue weighted by Gasteiger charge is -2.48. The topological polar surface area (TPSA) is 53.0 Å². The molecule has 0 spiro atoms. The van der Waals surface area contributed by atoms with Crippen LogP contribution in [-0.2, 0) is 15.1 Å². The van der Waals surface area contributed by atoms with E-state index in [0.29, 0.717) is 12.1 Å². The fourth-order valence-corrected chi connectivity index (χ4v) is 6.66. The first-order chi connectivity index (χ1) is 19.2. The van der Waals surface area contributed by atoms with E-state index in [2.05, 4.69) is 41.3 Å². The Morgan fingerprint density at radius 2 is 1.13 bits per heavy atom. The molecule has 39 heavy (non-hydrogen) atoms. The first kappa shape index (κ1) is 23.4. The largest absolute Gasteiger partial charge is 0.335 e. The SMILES string of the molecule is O=C1C2CC=C3N=CN(C(c4ccccc4)(c4ccccc4)c4ccccc4)C3C2C(=O)N1c1ccccc1. The number of carbonyl (C=O) groups is 2. The highest BCUT2D eigenvalue weighted by molar-refractivity contribution is 6.22. The van der Waals surface area contributed by atoms with Crippen LogP contribution in [0.3, 0.4) is 0 Å². The Balaban J connectivity index is 1.45. The second-order valence-corrected chi connectivity index (χ2v) is 10.2. The second-order valence-electron chi connectivity index (χ2n) is 10.2. The van der Waals surface area contributed by atoms with E-state index in [-0.39, 0.29) is 11.8 Å². The van der Waals surface area contributed by atoms with Crippen molar-refractivity contribution in [1.29, 1.82) is 0 Å². The lowest BCUT2D eigenvalue weighted by atomic mass is 9.72. The van der Waals surface area contributed by atoms with E-state index in [1.165, 1.54) is 4.90 Å². The summed E-state index contributed by atoms with van der Waals surface area (Å²) in [6.45, 7) is 0. The summed E-state index contributed by atoms with van der Waals surface area (Å²) in [7, 11) is 0. The number of amides is 2. The molecular weight excluding hydrogens is 482 g/mol. The fourth-order valence-electron chi connectivity index (χ4n) is 6.66. The highest BCUT2D eigenvalue weighted by atomic mass is 16.2. The summed E-state index contributed by atoms with van der Waals surface area (Å²) in [4.78, 5) is 36.4. The van der Waals surface area contributed by atoms with Crippen LogP contribution in [-0.4, -0.2) is 29.1 Å². The average Bonchev–Trinajstić information content (AvgIpc) is 3.54. The Morgan fingerprint density at radius 1 is 0.641 bits per heavy atom. The minimum atomic E-state index is -0.779. The lowest BCUT2D eigenvalue weighted by molar-refractivity contribution is -0.122. The molecule has 190 valence electrons. The standard InChI is InChI=1S/C34H27N3O2/c38-32-28-21-22-29-31(30(28)33(39)37(32)27-19-11-4-12-20-27)36(23-35-29)34(24-13-5-1-6-14-24,25-15-7-2-8-16-25)26-17-9-3-10-18-26/h1-20,22-23,28,30-31H,21H2. The van der Waals surface area contributed by atoms with E-state index < -0.39 is 23.4 Å². The molecule has 4 aromatic carbocycles. The zero-order valence-corrected chi connectivity index (χ0v) is 21.3. The van der Waals surface area contributed by atoms with Crippen molar-refractivity contribution in [3.05, 3.63) is 150 Å².